The van der Waals surface area contributed by atoms with Gasteiger partial charge in [-0.1, -0.05) is 11.6 Å². The van der Waals surface area contributed by atoms with Crippen molar-refractivity contribution in [2.75, 3.05) is 17.1 Å². The largest absolute Gasteiger partial charge is 0.496 e. The lowest BCUT2D eigenvalue weighted by Crippen LogP contribution is -2.16. The van der Waals surface area contributed by atoms with E-state index >= 15 is 0 Å². The molecule has 0 aliphatic carbocycles. The SMILES string of the molecule is COc1ccc(C)cc1C(=O)CCC(=O)Nc1ccc(S(=O)(=O)Nc2ncccn2)cc1. The number of sulfonamides is 1. The van der Waals surface area contributed by atoms with Crippen molar-refractivity contribution < 1.29 is 22.7 Å². The van der Waals surface area contributed by atoms with Gasteiger partial charge in [0.15, 0.2) is 5.78 Å². The summed E-state index contributed by atoms with van der Waals surface area (Å²) in [5, 5.41) is 2.65. The Labute approximate surface area is 185 Å². The number of carbonyl (C=O) groups excluding carboxylic acids is 2. The van der Waals surface area contributed by atoms with Gasteiger partial charge in [0.2, 0.25) is 11.9 Å². The van der Waals surface area contributed by atoms with Gasteiger partial charge in [-0.2, -0.15) is 0 Å². The molecule has 166 valence electrons. The molecular weight excluding hydrogens is 432 g/mol. The fourth-order valence-electron chi connectivity index (χ4n) is 2.87. The maximum Gasteiger partial charge on any atom is 0.264 e. The maximum absolute atomic E-state index is 12.5. The van der Waals surface area contributed by atoms with Gasteiger partial charge in [0.25, 0.3) is 10.0 Å². The van der Waals surface area contributed by atoms with Crippen molar-refractivity contribution in [3.05, 3.63) is 72.1 Å². The number of ether oxygens (including phenoxy) is 1. The predicted molar refractivity (Wildman–Crippen MR) is 119 cm³/mol. The van der Waals surface area contributed by atoms with Crippen LogP contribution in [0.25, 0.3) is 0 Å². The zero-order valence-electron chi connectivity index (χ0n) is 17.5. The molecule has 0 spiro atoms. The molecule has 3 rings (SSSR count). The van der Waals surface area contributed by atoms with Crippen molar-refractivity contribution in [1.29, 1.82) is 0 Å². The molecule has 0 fully saturated rings. The first kappa shape index (κ1) is 22.9. The summed E-state index contributed by atoms with van der Waals surface area (Å²) >= 11 is 0. The van der Waals surface area contributed by atoms with Crippen molar-refractivity contribution in [3.63, 3.8) is 0 Å². The molecule has 1 aromatic heterocycles. The van der Waals surface area contributed by atoms with E-state index in [0.717, 1.165) is 5.56 Å². The highest BCUT2D eigenvalue weighted by molar-refractivity contribution is 7.92. The number of nitrogens with zero attached hydrogens (tertiary/aromatic N) is 2. The molecule has 3 aromatic rings. The molecule has 1 heterocycles. The Kier molecular flexibility index (Phi) is 7.16. The summed E-state index contributed by atoms with van der Waals surface area (Å²) in [6.07, 6.45) is 2.83. The van der Waals surface area contributed by atoms with E-state index in [-0.39, 0.29) is 35.4 Å². The van der Waals surface area contributed by atoms with Crippen LogP contribution in [0.2, 0.25) is 0 Å². The van der Waals surface area contributed by atoms with Gasteiger partial charge < -0.3 is 10.1 Å². The quantitative estimate of drug-likeness (QED) is 0.475. The number of methoxy groups -OCH3 is 1. The van der Waals surface area contributed by atoms with Crippen LogP contribution < -0.4 is 14.8 Å². The molecule has 0 saturated carbocycles. The molecule has 0 aliphatic rings. The number of ketones is 1. The lowest BCUT2D eigenvalue weighted by Gasteiger charge is -2.10. The zero-order chi connectivity index (χ0) is 23.1. The normalized spacial score (nSPS) is 10.9. The Bertz CT molecular complexity index is 1210. The zero-order valence-corrected chi connectivity index (χ0v) is 18.3. The minimum Gasteiger partial charge on any atom is -0.496 e. The van der Waals surface area contributed by atoms with Crippen molar-refractivity contribution in [2.24, 2.45) is 0 Å². The monoisotopic (exact) mass is 454 g/mol. The Hall–Kier alpha value is -3.79. The first-order chi connectivity index (χ1) is 15.3. The van der Waals surface area contributed by atoms with E-state index in [1.54, 1.807) is 18.2 Å². The first-order valence-corrected chi connectivity index (χ1v) is 11.1. The molecule has 1 amide bonds. The van der Waals surface area contributed by atoms with Crippen LogP contribution in [-0.2, 0) is 14.8 Å². The van der Waals surface area contributed by atoms with Gasteiger partial charge in [-0.15, -0.1) is 0 Å². The number of nitrogens with one attached hydrogen (secondary N) is 2. The number of aryl methyl sites for hydroxylation is 1. The molecule has 0 aliphatic heterocycles. The molecular formula is C22H22N4O5S. The average molecular weight is 455 g/mol. The summed E-state index contributed by atoms with van der Waals surface area (Å²) in [5.41, 5.74) is 1.76. The third-order valence-corrected chi connectivity index (χ3v) is 5.82. The number of rotatable bonds is 9. The van der Waals surface area contributed by atoms with Crippen LogP contribution >= 0.6 is 0 Å². The van der Waals surface area contributed by atoms with E-state index in [9.17, 15) is 18.0 Å². The van der Waals surface area contributed by atoms with E-state index < -0.39 is 10.0 Å². The fourth-order valence-corrected chi connectivity index (χ4v) is 3.83. The molecule has 0 bridgehead atoms. The fraction of sp³-hybridized carbons (Fsp3) is 0.182. The minimum absolute atomic E-state index is 0.00956. The lowest BCUT2D eigenvalue weighted by molar-refractivity contribution is -0.116. The van der Waals surface area contributed by atoms with Gasteiger partial charge in [0.05, 0.1) is 17.6 Å². The van der Waals surface area contributed by atoms with Gasteiger partial charge >= 0.3 is 0 Å². The van der Waals surface area contributed by atoms with Gasteiger partial charge in [0.1, 0.15) is 5.75 Å². The lowest BCUT2D eigenvalue weighted by atomic mass is 10.0. The molecule has 2 aromatic carbocycles. The van der Waals surface area contributed by atoms with Crippen molar-refractivity contribution in [3.8, 4) is 5.75 Å². The third kappa shape index (κ3) is 5.88. The van der Waals surface area contributed by atoms with Gasteiger partial charge in [-0.25, -0.2) is 23.1 Å². The molecule has 32 heavy (non-hydrogen) atoms. The summed E-state index contributed by atoms with van der Waals surface area (Å²) in [7, 11) is -2.38. The van der Waals surface area contributed by atoms with Gasteiger partial charge in [-0.3, -0.25) is 9.59 Å². The molecule has 2 N–H and O–H groups in total. The molecule has 0 radical (unpaired) electrons. The Balaban J connectivity index is 1.58. The van der Waals surface area contributed by atoms with E-state index in [0.29, 0.717) is 17.0 Å². The molecule has 0 unspecified atom stereocenters. The van der Waals surface area contributed by atoms with Crippen LogP contribution in [0.5, 0.6) is 5.75 Å². The predicted octanol–water partition coefficient (Wildman–Crippen LogP) is 3.20. The van der Waals surface area contributed by atoms with Crippen LogP contribution in [0.3, 0.4) is 0 Å². The van der Waals surface area contributed by atoms with Crippen molar-refractivity contribution in [1.82, 2.24) is 9.97 Å². The summed E-state index contributed by atoms with van der Waals surface area (Å²) in [4.78, 5) is 32.4. The summed E-state index contributed by atoms with van der Waals surface area (Å²) in [6.45, 7) is 1.87. The summed E-state index contributed by atoms with van der Waals surface area (Å²) in [5.74, 6) is -0.139. The van der Waals surface area contributed by atoms with Crippen molar-refractivity contribution in [2.45, 2.75) is 24.7 Å². The molecule has 9 nitrogen and oxygen atoms in total. The van der Waals surface area contributed by atoms with E-state index in [4.69, 9.17) is 4.74 Å². The first-order valence-electron chi connectivity index (χ1n) is 9.66. The number of aromatic nitrogens is 2. The Morgan fingerprint density at radius 3 is 2.34 bits per heavy atom. The second-order valence-electron chi connectivity index (χ2n) is 6.88. The standard InChI is InChI=1S/C22H22N4O5S/c1-15-4-10-20(31-2)18(14-15)19(27)9-11-21(28)25-16-5-7-17(8-6-16)32(29,30)26-22-23-12-3-13-24-22/h3-8,10,12-14H,9,11H2,1-2H3,(H,25,28)(H,23,24,26). The van der Waals surface area contributed by atoms with E-state index in [1.165, 1.54) is 43.8 Å². The molecule has 10 heteroatoms. The molecule has 0 saturated heterocycles. The minimum atomic E-state index is -3.87. The summed E-state index contributed by atoms with van der Waals surface area (Å²) in [6, 6.07) is 12.5. The number of amides is 1. The highest BCUT2D eigenvalue weighted by Gasteiger charge is 2.17. The van der Waals surface area contributed by atoms with Crippen LogP contribution in [0, 0.1) is 6.92 Å². The Morgan fingerprint density at radius 1 is 1.00 bits per heavy atom. The van der Waals surface area contributed by atoms with Crippen LogP contribution in [0.15, 0.2) is 65.8 Å². The number of hydrogen-bond acceptors (Lipinski definition) is 7. The van der Waals surface area contributed by atoms with Crippen LogP contribution in [0.4, 0.5) is 11.6 Å². The second-order valence-corrected chi connectivity index (χ2v) is 8.56. The Morgan fingerprint density at radius 2 is 1.69 bits per heavy atom. The number of benzene rings is 2. The average Bonchev–Trinajstić information content (AvgIpc) is 2.78. The number of Topliss-reactive ketones (excluding diaryl/α,β-unsaturated/α-hetero) is 1. The third-order valence-electron chi connectivity index (χ3n) is 4.47. The van der Waals surface area contributed by atoms with Crippen LogP contribution in [0.1, 0.15) is 28.8 Å². The number of hydrogen-bond donors (Lipinski definition) is 2. The molecule has 0 atom stereocenters. The van der Waals surface area contributed by atoms with Gasteiger partial charge in [0, 0.05) is 30.9 Å². The van der Waals surface area contributed by atoms with E-state index in [1.807, 2.05) is 13.0 Å². The number of carbonyl (C=O) groups is 2. The van der Waals surface area contributed by atoms with E-state index in [2.05, 4.69) is 20.0 Å². The highest BCUT2D eigenvalue weighted by atomic mass is 32.2. The smallest absolute Gasteiger partial charge is 0.264 e. The van der Waals surface area contributed by atoms with Gasteiger partial charge in [-0.05, 0) is 49.4 Å². The number of anilines is 2. The summed E-state index contributed by atoms with van der Waals surface area (Å²) < 4.78 is 32.3. The van der Waals surface area contributed by atoms with Crippen LogP contribution in [-0.4, -0.2) is 37.2 Å². The second kappa shape index (κ2) is 10.0. The van der Waals surface area contributed by atoms with Crippen molar-refractivity contribution >= 4 is 33.3 Å². The highest BCUT2D eigenvalue weighted by Crippen LogP contribution is 2.22. The maximum atomic E-state index is 12.5. The topological polar surface area (TPSA) is 127 Å².